The summed E-state index contributed by atoms with van der Waals surface area (Å²) in [5, 5.41) is 3.16. The summed E-state index contributed by atoms with van der Waals surface area (Å²) in [6.07, 6.45) is 1.61. The molecule has 2 aromatic rings. The Hall–Kier alpha value is -2.63. The fourth-order valence-corrected chi connectivity index (χ4v) is 2.68. The van der Waals surface area contributed by atoms with E-state index in [4.69, 9.17) is 0 Å². The highest BCUT2D eigenvalue weighted by Crippen LogP contribution is 2.19. The predicted octanol–water partition coefficient (Wildman–Crippen LogP) is 3.55. The van der Waals surface area contributed by atoms with E-state index in [9.17, 15) is 4.79 Å². The quantitative estimate of drug-likeness (QED) is 0.795. The molecular weight excluding hydrogens is 314 g/mol. The van der Waals surface area contributed by atoms with Crippen molar-refractivity contribution in [3.8, 4) is 0 Å². The van der Waals surface area contributed by atoms with Gasteiger partial charge in [-0.1, -0.05) is 0 Å². The van der Waals surface area contributed by atoms with Crippen molar-refractivity contribution in [1.82, 2.24) is 14.9 Å². The highest BCUT2D eigenvalue weighted by molar-refractivity contribution is 5.92. The maximum Gasteiger partial charge on any atom is 0.272 e. The van der Waals surface area contributed by atoms with E-state index in [1.165, 1.54) is 5.69 Å². The summed E-state index contributed by atoms with van der Waals surface area (Å²) in [5.74, 6) is 0.348. The molecule has 1 aromatic heterocycles. The highest BCUT2D eigenvalue weighted by Gasteiger charge is 2.14. The molecule has 1 aromatic carbocycles. The second-order valence-electron chi connectivity index (χ2n) is 5.59. The van der Waals surface area contributed by atoms with Crippen LogP contribution in [0, 0.1) is 0 Å². The third-order valence-corrected chi connectivity index (χ3v) is 4.18. The number of rotatable bonds is 8. The van der Waals surface area contributed by atoms with Gasteiger partial charge in [0.1, 0.15) is 5.69 Å². The van der Waals surface area contributed by atoms with E-state index in [0.29, 0.717) is 24.7 Å². The molecule has 0 spiro atoms. The third-order valence-electron chi connectivity index (χ3n) is 4.18. The summed E-state index contributed by atoms with van der Waals surface area (Å²) in [6.45, 7) is 11.5. The number of anilines is 3. The molecule has 0 radical (unpaired) electrons. The van der Waals surface area contributed by atoms with E-state index in [1.54, 1.807) is 17.2 Å². The van der Waals surface area contributed by atoms with Crippen molar-refractivity contribution >= 4 is 23.2 Å². The van der Waals surface area contributed by atoms with Crippen molar-refractivity contribution in [3.63, 3.8) is 0 Å². The minimum atomic E-state index is -0.0765. The van der Waals surface area contributed by atoms with Gasteiger partial charge in [-0.15, -0.1) is 0 Å². The lowest BCUT2D eigenvalue weighted by Crippen LogP contribution is -2.31. The zero-order valence-electron chi connectivity index (χ0n) is 15.5. The number of nitrogens with one attached hydrogen (secondary N) is 1. The predicted molar refractivity (Wildman–Crippen MR) is 103 cm³/mol. The Bertz CT molecular complexity index is 678. The maximum atomic E-state index is 12.4. The van der Waals surface area contributed by atoms with Crippen LogP contribution < -0.4 is 10.2 Å². The lowest BCUT2D eigenvalue weighted by molar-refractivity contribution is 0.0767. The molecule has 0 saturated heterocycles. The van der Waals surface area contributed by atoms with E-state index in [0.717, 1.165) is 18.8 Å². The lowest BCUT2D eigenvalue weighted by Gasteiger charge is -2.21. The number of carbonyl (C=O) groups excluding carboxylic acids is 1. The van der Waals surface area contributed by atoms with Gasteiger partial charge < -0.3 is 15.1 Å². The van der Waals surface area contributed by atoms with E-state index in [1.807, 2.05) is 26.0 Å². The summed E-state index contributed by atoms with van der Waals surface area (Å²) in [6, 6.07) is 9.78. The molecule has 0 fully saturated rings. The van der Waals surface area contributed by atoms with Crippen LogP contribution in [0.2, 0.25) is 0 Å². The van der Waals surface area contributed by atoms with Crippen molar-refractivity contribution in [1.29, 1.82) is 0 Å². The van der Waals surface area contributed by atoms with E-state index in [-0.39, 0.29) is 5.91 Å². The van der Waals surface area contributed by atoms with Gasteiger partial charge in [-0.25, -0.2) is 9.97 Å². The van der Waals surface area contributed by atoms with Crippen molar-refractivity contribution in [2.75, 3.05) is 36.4 Å². The van der Waals surface area contributed by atoms with Crippen LogP contribution in [0.25, 0.3) is 0 Å². The largest absolute Gasteiger partial charge is 0.372 e. The van der Waals surface area contributed by atoms with Gasteiger partial charge in [0.25, 0.3) is 5.91 Å². The lowest BCUT2D eigenvalue weighted by atomic mass is 10.2. The summed E-state index contributed by atoms with van der Waals surface area (Å²) in [4.78, 5) is 25.0. The molecule has 0 aliphatic heterocycles. The van der Waals surface area contributed by atoms with Gasteiger partial charge in [0.15, 0.2) is 0 Å². The fraction of sp³-hybridized carbons (Fsp3) is 0.421. The number of hydrogen-bond acceptors (Lipinski definition) is 5. The smallest absolute Gasteiger partial charge is 0.272 e. The van der Waals surface area contributed by atoms with Crippen LogP contribution in [0.5, 0.6) is 0 Å². The molecule has 0 bridgehead atoms. The first kappa shape index (κ1) is 18.7. The monoisotopic (exact) mass is 341 g/mol. The molecule has 0 unspecified atom stereocenters. The second kappa shape index (κ2) is 9.01. The molecule has 25 heavy (non-hydrogen) atoms. The Morgan fingerprint density at radius 3 is 2.16 bits per heavy atom. The van der Waals surface area contributed by atoms with Crippen LogP contribution in [0.1, 0.15) is 38.2 Å². The number of nitrogens with zero attached hydrogens (tertiary/aromatic N) is 4. The average molecular weight is 341 g/mol. The first-order chi connectivity index (χ1) is 12.1. The Morgan fingerprint density at radius 1 is 0.960 bits per heavy atom. The van der Waals surface area contributed by atoms with E-state index >= 15 is 0 Å². The van der Waals surface area contributed by atoms with Crippen molar-refractivity contribution in [2.45, 2.75) is 27.7 Å². The standard InChI is InChI=1S/C19H27N5O/c1-5-23(6-2)16-11-9-15(10-12-16)21-19-20-14-13-17(22-19)18(25)24(7-3)8-4/h9-14H,5-8H2,1-4H3,(H,20,21,22). The maximum absolute atomic E-state index is 12.4. The third kappa shape index (κ3) is 4.68. The molecule has 1 heterocycles. The summed E-state index contributed by atoms with van der Waals surface area (Å²) in [7, 11) is 0. The van der Waals surface area contributed by atoms with Gasteiger partial charge in [0, 0.05) is 43.8 Å². The van der Waals surface area contributed by atoms with Gasteiger partial charge >= 0.3 is 0 Å². The van der Waals surface area contributed by atoms with Crippen LogP contribution >= 0.6 is 0 Å². The van der Waals surface area contributed by atoms with Crippen molar-refractivity contribution in [3.05, 3.63) is 42.2 Å². The molecular formula is C19H27N5O. The molecule has 1 amide bonds. The van der Waals surface area contributed by atoms with Gasteiger partial charge in [-0.3, -0.25) is 4.79 Å². The van der Waals surface area contributed by atoms with Gasteiger partial charge in [-0.2, -0.15) is 0 Å². The minimum absolute atomic E-state index is 0.0765. The SMILES string of the molecule is CCN(CC)C(=O)c1ccnc(Nc2ccc(N(CC)CC)cc2)n1. The Morgan fingerprint density at radius 2 is 1.60 bits per heavy atom. The number of hydrogen-bond donors (Lipinski definition) is 1. The average Bonchev–Trinajstić information content (AvgIpc) is 2.65. The zero-order valence-corrected chi connectivity index (χ0v) is 15.5. The van der Waals surface area contributed by atoms with Crippen molar-refractivity contribution < 1.29 is 4.79 Å². The van der Waals surface area contributed by atoms with Gasteiger partial charge in [0.05, 0.1) is 0 Å². The van der Waals surface area contributed by atoms with Crippen LogP contribution in [-0.2, 0) is 0 Å². The normalized spacial score (nSPS) is 10.4. The number of carbonyl (C=O) groups is 1. The van der Waals surface area contributed by atoms with E-state index in [2.05, 4.69) is 46.2 Å². The molecule has 134 valence electrons. The molecule has 6 heteroatoms. The second-order valence-corrected chi connectivity index (χ2v) is 5.59. The van der Waals surface area contributed by atoms with Crippen LogP contribution in [0.4, 0.5) is 17.3 Å². The minimum Gasteiger partial charge on any atom is -0.372 e. The molecule has 0 atom stereocenters. The van der Waals surface area contributed by atoms with Gasteiger partial charge in [0.2, 0.25) is 5.95 Å². The van der Waals surface area contributed by atoms with E-state index < -0.39 is 0 Å². The summed E-state index contributed by atoms with van der Waals surface area (Å²) < 4.78 is 0. The molecule has 6 nitrogen and oxygen atoms in total. The number of benzene rings is 1. The van der Waals surface area contributed by atoms with Crippen LogP contribution in [0.15, 0.2) is 36.5 Å². The fourth-order valence-electron chi connectivity index (χ4n) is 2.68. The molecule has 1 N–H and O–H groups in total. The number of amides is 1. The molecule has 2 rings (SSSR count). The molecule has 0 aliphatic carbocycles. The van der Waals surface area contributed by atoms with Crippen LogP contribution in [0.3, 0.4) is 0 Å². The highest BCUT2D eigenvalue weighted by atomic mass is 16.2. The topological polar surface area (TPSA) is 61.4 Å². The first-order valence-electron chi connectivity index (χ1n) is 8.87. The Labute approximate surface area is 149 Å². The number of aromatic nitrogens is 2. The van der Waals surface area contributed by atoms with Crippen molar-refractivity contribution in [2.24, 2.45) is 0 Å². The summed E-state index contributed by atoms with van der Waals surface area (Å²) in [5.41, 5.74) is 2.48. The molecule has 0 saturated carbocycles. The zero-order chi connectivity index (χ0) is 18.2. The molecule has 0 aliphatic rings. The summed E-state index contributed by atoms with van der Waals surface area (Å²) >= 11 is 0. The Balaban J connectivity index is 2.13. The first-order valence-corrected chi connectivity index (χ1v) is 8.87. The van der Waals surface area contributed by atoms with Gasteiger partial charge in [-0.05, 0) is 58.0 Å². The Kier molecular flexibility index (Phi) is 6.74. The van der Waals surface area contributed by atoms with Crippen LogP contribution in [-0.4, -0.2) is 47.0 Å².